The lowest BCUT2D eigenvalue weighted by Gasteiger charge is -2.12. The fourth-order valence-corrected chi connectivity index (χ4v) is 3.98. The van der Waals surface area contributed by atoms with Crippen molar-refractivity contribution < 1.29 is 0 Å². The van der Waals surface area contributed by atoms with Crippen LogP contribution in [0.2, 0.25) is 0 Å². The molecule has 0 aromatic carbocycles. The van der Waals surface area contributed by atoms with Gasteiger partial charge in [-0.2, -0.15) is 0 Å². The minimum absolute atomic E-state index is 0.0152. The van der Waals surface area contributed by atoms with E-state index in [1.165, 1.54) is 6.08 Å². The number of aromatic nitrogens is 6. The monoisotopic (exact) mass is 544 g/mol. The summed E-state index contributed by atoms with van der Waals surface area (Å²) in [5.74, 6) is 0. The molecule has 0 bridgehead atoms. The maximum absolute atomic E-state index is 12.9. The minimum Gasteiger partial charge on any atom is -0.247 e. The van der Waals surface area contributed by atoms with Gasteiger partial charge in [-0.25, -0.2) is 56.2 Å². The molecule has 214 valence electrons. The summed E-state index contributed by atoms with van der Waals surface area (Å²) in [6.45, 7) is 9.97. The third-order valence-electron chi connectivity index (χ3n) is 6.25. The summed E-state index contributed by atoms with van der Waals surface area (Å²) in [5.41, 5.74) is -3.94. The molecular formula is C27H40N6O6. The molecule has 0 fully saturated rings. The van der Waals surface area contributed by atoms with Crippen LogP contribution in [0, 0.1) is 0 Å². The zero-order valence-electron chi connectivity index (χ0n) is 23.2. The van der Waals surface area contributed by atoms with E-state index in [9.17, 15) is 28.8 Å². The molecule has 0 saturated carbocycles. The number of hydrogen-bond donors (Lipinski definition) is 0. The van der Waals surface area contributed by atoms with Gasteiger partial charge >= 0.3 is 34.1 Å². The van der Waals surface area contributed by atoms with Crippen LogP contribution in [0.5, 0.6) is 0 Å². The molecule has 12 heteroatoms. The quantitative estimate of drug-likeness (QED) is 0.229. The number of nitrogens with zero attached hydrogens (tertiary/aromatic N) is 6. The Bertz CT molecular complexity index is 1500. The van der Waals surface area contributed by atoms with Gasteiger partial charge in [0.2, 0.25) is 0 Å². The summed E-state index contributed by atoms with van der Waals surface area (Å²) in [7, 11) is 0. The van der Waals surface area contributed by atoms with Crippen molar-refractivity contribution in [3.8, 4) is 0 Å². The van der Waals surface area contributed by atoms with E-state index in [0.29, 0.717) is 19.3 Å². The molecule has 0 aliphatic rings. The second-order valence-electron chi connectivity index (χ2n) is 9.19. The Morgan fingerprint density at radius 1 is 0.487 bits per heavy atom. The fourth-order valence-electron chi connectivity index (χ4n) is 3.98. The van der Waals surface area contributed by atoms with E-state index in [2.05, 4.69) is 6.58 Å². The minimum atomic E-state index is -0.722. The van der Waals surface area contributed by atoms with Crippen molar-refractivity contribution in [1.82, 2.24) is 27.4 Å². The average Bonchev–Trinajstić information content (AvgIpc) is 2.91. The summed E-state index contributed by atoms with van der Waals surface area (Å²) < 4.78 is 6.25. The normalized spacial score (nSPS) is 11.7. The molecule has 0 saturated heterocycles. The van der Waals surface area contributed by atoms with Gasteiger partial charge in [-0.15, -0.1) is 6.58 Å². The van der Waals surface area contributed by atoms with Gasteiger partial charge in [-0.05, 0) is 19.3 Å². The van der Waals surface area contributed by atoms with E-state index < -0.39 is 34.1 Å². The smallest absolute Gasteiger partial charge is 0.247 e. The summed E-state index contributed by atoms with van der Waals surface area (Å²) >= 11 is 0. The molecule has 0 spiro atoms. The second-order valence-corrected chi connectivity index (χ2v) is 9.19. The molecule has 0 unspecified atom stereocenters. The average molecular weight is 545 g/mol. The Morgan fingerprint density at radius 3 is 1.08 bits per heavy atom. The second kappa shape index (κ2) is 15.5. The van der Waals surface area contributed by atoms with Crippen molar-refractivity contribution in [2.45, 2.75) is 98.6 Å². The first-order valence-electron chi connectivity index (χ1n) is 13.6. The van der Waals surface area contributed by atoms with E-state index in [0.717, 1.165) is 46.7 Å². The largest absolute Gasteiger partial charge is 0.336 e. The van der Waals surface area contributed by atoms with Gasteiger partial charge in [-0.3, -0.25) is 0 Å². The number of allylic oxidation sites excluding steroid dienone is 5. The predicted molar refractivity (Wildman–Crippen MR) is 152 cm³/mol. The van der Waals surface area contributed by atoms with Gasteiger partial charge in [0.05, 0.1) is 19.6 Å². The molecule has 39 heavy (non-hydrogen) atoms. The van der Waals surface area contributed by atoms with Gasteiger partial charge in [0.25, 0.3) is 0 Å². The number of hydrogen-bond acceptors (Lipinski definition) is 6. The van der Waals surface area contributed by atoms with Crippen molar-refractivity contribution >= 4 is 0 Å². The van der Waals surface area contributed by atoms with E-state index in [1.54, 1.807) is 24.3 Å². The van der Waals surface area contributed by atoms with Crippen molar-refractivity contribution in [3.63, 3.8) is 0 Å². The Balaban J connectivity index is 2.33. The van der Waals surface area contributed by atoms with E-state index in [1.807, 2.05) is 20.8 Å². The molecule has 0 aliphatic heterocycles. The van der Waals surface area contributed by atoms with Crippen LogP contribution in [0.1, 0.15) is 59.3 Å². The van der Waals surface area contributed by atoms with Gasteiger partial charge in [-0.1, -0.05) is 70.4 Å². The summed E-state index contributed by atoms with van der Waals surface area (Å²) in [6, 6.07) is 0. The Labute approximate surface area is 226 Å². The van der Waals surface area contributed by atoms with Gasteiger partial charge in [0, 0.05) is 19.6 Å². The molecule has 0 aliphatic carbocycles. The highest BCUT2D eigenvalue weighted by Gasteiger charge is 2.15. The van der Waals surface area contributed by atoms with Crippen LogP contribution < -0.4 is 34.1 Å². The molecule has 0 atom stereocenters. The van der Waals surface area contributed by atoms with Crippen LogP contribution in [0.4, 0.5) is 0 Å². The zero-order valence-corrected chi connectivity index (χ0v) is 23.2. The molecule has 12 nitrogen and oxygen atoms in total. The lowest BCUT2D eigenvalue weighted by atomic mass is 10.3. The van der Waals surface area contributed by atoms with Gasteiger partial charge in [0.15, 0.2) is 0 Å². The molecule has 2 rings (SSSR count). The molecule has 2 heterocycles. The highest BCUT2D eigenvalue weighted by atomic mass is 16.2. The maximum atomic E-state index is 12.9. The molecule has 0 radical (unpaired) electrons. The van der Waals surface area contributed by atoms with E-state index >= 15 is 0 Å². The van der Waals surface area contributed by atoms with Crippen LogP contribution >= 0.6 is 0 Å². The van der Waals surface area contributed by atoms with Crippen LogP contribution in [-0.4, -0.2) is 27.4 Å². The van der Waals surface area contributed by atoms with Crippen molar-refractivity contribution in [2.75, 3.05) is 0 Å². The Kier molecular flexibility index (Phi) is 12.4. The summed E-state index contributed by atoms with van der Waals surface area (Å²) in [6.07, 6.45) is 12.0. The van der Waals surface area contributed by atoms with E-state index in [4.69, 9.17) is 0 Å². The summed E-state index contributed by atoms with van der Waals surface area (Å²) in [5, 5.41) is 0. The first kappa shape index (κ1) is 31.3. The molecule has 2 aromatic rings. The SMILES string of the molecule is C=CCn1c(=O)n(C/C=C/C=C/Cn2c(=O)n(CCCC)c(=O)n(CCCC)c2=O)c(=O)n(CCCC)c1=O. The topological polar surface area (TPSA) is 132 Å². The van der Waals surface area contributed by atoms with Crippen LogP contribution in [0.3, 0.4) is 0 Å². The van der Waals surface area contributed by atoms with Crippen LogP contribution in [0.15, 0.2) is 65.7 Å². The first-order chi connectivity index (χ1) is 18.7. The Morgan fingerprint density at radius 2 is 0.769 bits per heavy atom. The lowest BCUT2D eigenvalue weighted by molar-refractivity contribution is 0.443. The summed E-state index contributed by atoms with van der Waals surface area (Å²) in [4.78, 5) is 76.7. The highest BCUT2D eigenvalue weighted by Crippen LogP contribution is 1.92. The van der Waals surface area contributed by atoms with Crippen molar-refractivity contribution in [3.05, 3.63) is 99.9 Å². The lowest BCUT2D eigenvalue weighted by Crippen LogP contribution is -2.54. The fraction of sp³-hybridized carbons (Fsp3) is 0.556. The van der Waals surface area contributed by atoms with Crippen molar-refractivity contribution in [2.24, 2.45) is 0 Å². The van der Waals surface area contributed by atoms with Crippen molar-refractivity contribution in [1.29, 1.82) is 0 Å². The van der Waals surface area contributed by atoms with Gasteiger partial charge < -0.3 is 0 Å². The number of rotatable bonds is 16. The molecular weight excluding hydrogens is 504 g/mol. The first-order valence-corrected chi connectivity index (χ1v) is 13.6. The molecule has 0 amide bonds. The molecule has 2 aromatic heterocycles. The number of unbranched alkanes of at least 4 members (excludes halogenated alkanes) is 3. The predicted octanol–water partition coefficient (Wildman–Crippen LogP) is 1.06. The van der Waals surface area contributed by atoms with Gasteiger partial charge in [0.1, 0.15) is 0 Å². The molecule has 0 N–H and O–H groups in total. The highest BCUT2D eigenvalue weighted by molar-refractivity contribution is 5.03. The Hall–Kier alpha value is -3.96. The standard InChI is InChI=1S/C27H40N6O6/c1-5-9-17-29-22(34)28(16-8-4)23(35)32(25(29)37)20-14-12-13-15-21-33-26(38)30(18-10-6-2)24(36)31(27(33)39)19-11-7-3/h8,12-15H,4-7,9-11,16-21H2,1-3H3/b14-12+,15-13+. The third kappa shape index (κ3) is 7.55. The third-order valence-corrected chi connectivity index (χ3v) is 6.25. The van der Waals surface area contributed by atoms with Crippen LogP contribution in [0.25, 0.3) is 0 Å². The zero-order chi connectivity index (χ0) is 28.9. The van der Waals surface area contributed by atoms with Crippen LogP contribution in [-0.2, 0) is 39.3 Å². The van der Waals surface area contributed by atoms with E-state index in [-0.39, 0.29) is 39.3 Å². The maximum Gasteiger partial charge on any atom is 0.336 e.